The molecule has 8 heteroatoms. The SMILES string of the molecule is COc1ccc(CN(CCC(=O)O)C(=O)c2ccccc2-c2ccccc2C(=O)N(C)c2ccccn2)cc1. The van der Waals surface area contributed by atoms with E-state index in [1.165, 1.54) is 9.80 Å². The van der Waals surface area contributed by atoms with Crippen LogP contribution >= 0.6 is 0 Å². The summed E-state index contributed by atoms with van der Waals surface area (Å²) in [7, 11) is 3.23. The summed E-state index contributed by atoms with van der Waals surface area (Å²) < 4.78 is 5.22. The van der Waals surface area contributed by atoms with Gasteiger partial charge in [0.15, 0.2) is 0 Å². The quantitative estimate of drug-likeness (QED) is 0.309. The number of pyridine rings is 1. The van der Waals surface area contributed by atoms with E-state index < -0.39 is 5.97 Å². The maximum atomic E-state index is 13.9. The fraction of sp³-hybridized carbons (Fsp3) is 0.161. The van der Waals surface area contributed by atoms with Gasteiger partial charge in [0, 0.05) is 37.5 Å². The van der Waals surface area contributed by atoms with Crippen molar-refractivity contribution >= 4 is 23.6 Å². The fourth-order valence-corrected chi connectivity index (χ4v) is 4.25. The standard InChI is InChI=1S/C31H29N3O5/c1-33(28-13-7-8-19-32-28)30(37)26-11-5-3-9-24(26)25-10-4-6-12-27(25)31(38)34(20-18-29(35)36)21-22-14-16-23(39-2)17-15-22/h3-17,19H,18,20-21H2,1-2H3,(H,35,36). The molecule has 0 spiro atoms. The van der Waals surface area contributed by atoms with Crippen LogP contribution in [-0.4, -0.2) is 53.5 Å². The van der Waals surface area contributed by atoms with Crippen molar-refractivity contribution in [2.75, 3.05) is 25.6 Å². The van der Waals surface area contributed by atoms with Crippen molar-refractivity contribution in [2.24, 2.45) is 0 Å². The van der Waals surface area contributed by atoms with Crippen molar-refractivity contribution in [1.29, 1.82) is 0 Å². The number of amides is 2. The van der Waals surface area contributed by atoms with Gasteiger partial charge in [-0.1, -0.05) is 54.6 Å². The summed E-state index contributed by atoms with van der Waals surface area (Å²) >= 11 is 0. The van der Waals surface area contributed by atoms with E-state index in [-0.39, 0.29) is 31.3 Å². The topological polar surface area (TPSA) is 100 Å². The summed E-state index contributed by atoms with van der Waals surface area (Å²) in [6.07, 6.45) is 1.42. The highest BCUT2D eigenvalue weighted by Crippen LogP contribution is 2.30. The molecule has 198 valence electrons. The second-order valence-corrected chi connectivity index (χ2v) is 8.86. The number of carboxylic acids is 1. The molecule has 0 unspecified atom stereocenters. The van der Waals surface area contributed by atoms with Crippen molar-refractivity contribution in [3.8, 4) is 16.9 Å². The van der Waals surface area contributed by atoms with Crippen molar-refractivity contribution in [2.45, 2.75) is 13.0 Å². The van der Waals surface area contributed by atoms with Crippen LogP contribution in [0.1, 0.15) is 32.7 Å². The molecule has 0 atom stereocenters. The number of anilines is 1. The second kappa shape index (κ2) is 12.5. The minimum atomic E-state index is -0.996. The maximum Gasteiger partial charge on any atom is 0.305 e. The Balaban J connectivity index is 1.70. The molecule has 4 aromatic rings. The number of methoxy groups -OCH3 is 1. The number of carboxylic acid groups (broad SMARTS) is 1. The average molecular weight is 524 g/mol. The minimum Gasteiger partial charge on any atom is -0.497 e. The third-order valence-electron chi connectivity index (χ3n) is 6.32. The van der Waals surface area contributed by atoms with Crippen LogP contribution in [0.3, 0.4) is 0 Å². The largest absolute Gasteiger partial charge is 0.497 e. The van der Waals surface area contributed by atoms with Gasteiger partial charge >= 0.3 is 5.97 Å². The van der Waals surface area contributed by atoms with E-state index in [0.29, 0.717) is 33.8 Å². The molecular weight excluding hydrogens is 494 g/mol. The Morgan fingerprint density at radius 1 is 0.795 bits per heavy atom. The molecule has 1 heterocycles. The number of benzene rings is 3. The van der Waals surface area contributed by atoms with Crippen molar-refractivity contribution in [3.63, 3.8) is 0 Å². The van der Waals surface area contributed by atoms with E-state index in [1.807, 2.05) is 18.2 Å². The molecule has 4 rings (SSSR count). The third-order valence-corrected chi connectivity index (χ3v) is 6.32. The highest BCUT2D eigenvalue weighted by atomic mass is 16.5. The predicted octanol–water partition coefficient (Wildman–Crippen LogP) is 5.15. The summed E-state index contributed by atoms with van der Waals surface area (Å²) in [6.45, 7) is 0.241. The molecule has 1 N–H and O–H groups in total. The minimum absolute atomic E-state index is 0.0253. The first-order valence-corrected chi connectivity index (χ1v) is 12.4. The molecule has 8 nitrogen and oxygen atoms in total. The van der Waals surface area contributed by atoms with Crippen LogP contribution in [0.15, 0.2) is 97.2 Å². The molecule has 0 fully saturated rings. The summed E-state index contributed by atoms with van der Waals surface area (Å²) in [5.41, 5.74) is 2.79. The van der Waals surface area contributed by atoms with Gasteiger partial charge in [0.1, 0.15) is 11.6 Å². The third kappa shape index (κ3) is 6.48. The van der Waals surface area contributed by atoms with Gasteiger partial charge < -0.3 is 14.7 Å². The first-order valence-electron chi connectivity index (χ1n) is 12.4. The van der Waals surface area contributed by atoms with Crippen LogP contribution in [0.2, 0.25) is 0 Å². The van der Waals surface area contributed by atoms with Gasteiger partial charge in [-0.15, -0.1) is 0 Å². The van der Waals surface area contributed by atoms with Crippen LogP contribution in [0.4, 0.5) is 5.82 Å². The van der Waals surface area contributed by atoms with Crippen LogP contribution in [0, 0.1) is 0 Å². The molecule has 2 amide bonds. The van der Waals surface area contributed by atoms with Crippen LogP contribution in [0.5, 0.6) is 5.75 Å². The Morgan fingerprint density at radius 3 is 1.95 bits per heavy atom. The van der Waals surface area contributed by atoms with Crippen molar-refractivity contribution in [1.82, 2.24) is 9.88 Å². The fourth-order valence-electron chi connectivity index (χ4n) is 4.25. The van der Waals surface area contributed by atoms with Gasteiger partial charge in [-0.2, -0.15) is 0 Å². The zero-order valence-electron chi connectivity index (χ0n) is 21.8. The van der Waals surface area contributed by atoms with E-state index in [1.54, 1.807) is 93.2 Å². The number of nitrogens with zero attached hydrogens (tertiary/aromatic N) is 3. The molecular formula is C31H29N3O5. The second-order valence-electron chi connectivity index (χ2n) is 8.86. The van der Waals surface area contributed by atoms with Gasteiger partial charge in [-0.25, -0.2) is 4.98 Å². The predicted molar refractivity (Wildman–Crippen MR) is 149 cm³/mol. The molecule has 0 radical (unpaired) electrons. The smallest absolute Gasteiger partial charge is 0.305 e. The Kier molecular flexibility index (Phi) is 8.68. The molecule has 0 aliphatic carbocycles. The van der Waals surface area contributed by atoms with E-state index in [0.717, 1.165) is 5.56 Å². The molecule has 39 heavy (non-hydrogen) atoms. The van der Waals surface area contributed by atoms with E-state index in [4.69, 9.17) is 4.74 Å². The van der Waals surface area contributed by atoms with Crippen molar-refractivity contribution in [3.05, 3.63) is 114 Å². The Bertz CT molecular complexity index is 1450. The number of carbonyl (C=O) groups excluding carboxylic acids is 2. The highest BCUT2D eigenvalue weighted by molar-refractivity contribution is 6.11. The molecule has 1 aromatic heterocycles. The highest BCUT2D eigenvalue weighted by Gasteiger charge is 2.24. The number of aliphatic carboxylic acids is 1. The first kappa shape index (κ1) is 27.1. The lowest BCUT2D eigenvalue weighted by molar-refractivity contribution is -0.137. The summed E-state index contributed by atoms with van der Waals surface area (Å²) in [5, 5.41) is 9.32. The monoisotopic (exact) mass is 523 g/mol. The van der Waals surface area contributed by atoms with Crippen LogP contribution in [0.25, 0.3) is 11.1 Å². The van der Waals surface area contributed by atoms with E-state index in [2.05, 4.69) is 4.98 Å². The molecule has 0 bridgehead atoms. The summed E-state index contributed by atoms with van der Waals surface area (Å²) in [4.78, 5) is 46.1. The normalized spacial score (nSPS) is 10.5. The Hall–Kier alpha value is -4.98. The lowest BCUT2D eigenvalue weighted by Gasteiger charge is -2.24. The van der Waals surface area contributed by atoms with Crippen molar-refractivity contribution < 1.29 is 24.2 Å². The van der Waals surface area contributed by atoms with Gasteiger partial charge in [0.25, 0.3) is 11.8 Å². The lowest BCUT2D eigenvalue weighted by Crippen LogP contribution is -2.33. The van der Waals surface area contributed by atoms with Gasteiger partial charge in [0.2, 0.25) is 0 Å². The molecule has 0 saturated heterocycles. The zero-order chi connectivity index (χ0) is 27.8. The van der Waals surface area contributed by atoms with E-state index in [9.17, 15) is 19.5 Å². The number of rotatable bonds is 10. The van der Waals surface area contributed by atoms with Gasteiger partial charge in [0.05, 0.1) is 13.5 Å². The molecule has 0 aliphatic heterocycles. The average Bonchev–Trinajstić information content (AvgIpc) is 2.98. The molecule has 3 aromatic carbocycles. The Labute approximate surface area is 227 Å². The number of ether oxygens (including phenoxy) is 1. The number of carbonyl (C=O) groups is 3. The number of aromatic nitrogens is 1. The van der Waals surface area contributed by atoms with E-state index >= 15 is 0 Å². The van der Waals surface area contributed by atoms with Crippen LogP contribution in [-0.2, 0) is 11.3 Å². The van der Waals surface area contributed by atoms with Gasteiger partial charge in [-0.3, -0.25) is 19.3 Å². The first-order chi connectivity index (χ1) is 18.9. The molecule has 0 aliphatic rings. The lowest BCUT2D eigenvalue weighted by atomic mass is 9.94. The molecule has 0 saturated carbocycles. The summed E-state index contributed by atoms with van der Waals surface area (Å²) in [6, 6.07) is 26.8. The zero-order valence-corrected chi connectivity index (χ0v) is 21.8. The number of hydrogen-bond donors (Lipinski definition) is 1. The maximum absolute atomic E-state index is 13.9. The Morgan fingerprint density at radius 2 is 1.38 bits per heavy atom. The van der Waals surface area contributed by atoms with Gasteiger partial charge in [-0.05, 0) is 53.1 Å². The number of hydrogen-bond acceptors (Lipinski definition) is 5. The summed E-state index contributed by atoms with van der Waals surface area (Å²) in [5.74, 6) is -0.412. The van der Waals surface area contributed by atoms with Crippen LogP contribution < -0.4 is 9.64 Å².